The van der Waals surface area contributed by atoms with Crippen LogP contribution in [0, 0.1) is 6.92 Å². The number of amides is 1. The molecule has 1 N–H and O–H groups in total. The number of nitrogens with zero attached hydrogens (tertiary/aromatic N) is 4. The van der Waals surface area contributed by atoms with Crippen molar-refractivity contribution in [1.82, 2.24) is 20.0 Å². The van der Waals surface area contributed by atoms with Crippen LogP contribution in [0.3, 0.4) is 0 Å². The molecule has 3 heterocycles. The number of aryl methyl sites for hydroxylation is 2. The van der Waals surface area contributed by atoms with Crippen molar-refractivity contribution in [1.29, 1.82) is 0 Å². The van der Waals surface area contributed by atoms with Crippen molar-refractivity contribution < 1.29 is 14.3 Å². The Labute approximate surface area is 212 Å². The van der Waals surface area contributed by atoms with Crippen molar-refractivity contribution in [3.63, 3.8) is 0 Å². The van der Waals surface area contributed by atoms with Gasteiger partial charge in [0.25, 0.3) is 5.91 Å². The maximum absolute atomic E-state index is 13.4. The van der Waals surface area contributed by atoms with E-state index in [2.05, 4.69) is 26.3 Å². The molecule has 0 bridgehead atoms. The summed E-state index contributed by atoms with van der Waals surface area (Å²) in [4.78, 5) is 18.3. The number of hydrogen-bond donors (Lipinski definition) is 1. The van der Waals surface area contributed by atoms with E-state index in [9.17, 15) is 4.79 Å². The number of likely N-dealkylation sites (tertiary alicyclic amines) is 1. The summed E-state index contributed by atoms with van der Waals surface area (Å²) in [5.41, 5.74) is 5.50. The molecule has 36 heavy (non-hydrogen) atoms. The number of carbonyl (C=O) groups excluding carboxylic acids is 1. The summed E-state index contributed by atoms with van der Waals surface area (Å²) in [5.74, 6) is 1.17. The Morgan fingerprint density at radius 1 is 1.14 bits per heavy atom. The lowest BCUT2D eigenvalue weighted by Crippen LogP contribution is -2.62. The Hall–Kier alpha value is -3.52. The van der Waals surface area contributed by atoms with Crippen LogP contribution in [0.1, 0.15) is 40.9 Å². The summed E-state index contributed by atoms with van der Waals surface area (Å²) < 4.78 is 13.0. The van der Waals surface area contributed by atoms with E-state index in [1.165, 1.54) is 19.5 Å². The minimum Gasteiger partial charge on any atom is -0.493 e. The quantitative estimate of drug-likeness (QED) is 0.519. The van der Waals surface area contributed by atoms with Gasteiger partial charge in [-0.1, -0.05) is 6.07 Å². The van der Waals surface area contributed by atoms with Crippen LogP contribution in [-0.4, -0.2) is 67.0 Å². The molecular formula is C28H35N5O3. The number of ether oxygens (including phenoxy) is 2. The summed E-state index contributed by atoms with van der Waals surface area (Å²) in [7, 11) is 5.12. The number of benzene rings is 2. The van der Waals surface area contributed by atoms with Gasteiger partial charge in [-0.2, -0.15) is 5.10 Å². The van der Waals surface area contributed by atoms with Gasteiger partial charge in [-0.15, -0.1) is 0 Å². The third-order valence-electron chi connectivity index (χ3n) is 7.46. The molecule has 0 spiro atoms. The van der Waals surface area contributed by atoms with E-state index in [-0.39, 0.29) is 11.9 Å². The number of aromatic nitrogens is 2. The highest BCUT2D eigenvalue weighted by Gasteiger charge is 2.34. The van der Waals surface area contributed by atoms with Gasteiger partial charge in [0.15, 0.2) is 11.5 Å². The SMILES string of the molecule is COc1cc([C@@H](C)NC(=O)c2cc(N3CC(N4CCC4)C3)ccc2C)cc(-c2cnn(C)c2)c1OC. The minimum atomic E-state index is -0.240. The van der Waals surface area contributed by atoms with Crippen molar-refractivity contribution in [2.75, 3.05) is 45.3 Å². The molecule has 0 unspecified atom stereocenters. The van der Waals surface area contributed by atoms with Crippen LogP contribution in [0.5, 0.6) is 11.5 Å². The van der Waals surface area contributed by atoms with Crippen LogP contribution in [0.2, 0.25) is 0 Å². The fraction of sp³-hybridized carbons (Fsp3) is 0.429. The molecule has 2 aliphatic heterocycles. The molecule has 0 radical (unpaired) electrons. The predicted molar refractivity (Wildman–Crippen MR) is 141 cm³/mol. The van der Waals surface area contributed by atoms with Gasteiger partial charge in [-0.05, 0) is 68.8 Å². The zero-order valence-electron chi connectivity index (χ0n) is 21.7. The van der Waals surface area contributed by atoms with E-state index >= 15 is 0 Å². The summed E-state index contributed by atoms with van der Waals surface area (Å²) in [5, 5.41) is 7.49. The minimum absolute atomic E-state index is 0.0839. The van der Waals surface area contributed by atoms with Crippen molar-refractivity contribution in [2.45, 2.75) is 32.4 Å². The molecule has 190 valence electrons. The molecule has 2 aliphatic rings. The van der Waals surface area contributed by atoms with Crippen LogP contribution in [-0.2, 0) is 7.05 Å². The first-order valence-electron chi connectivity index (χ1n) is 12.5. The maximum atomic E-state index is 13.4. The molecule has 1 aromatic heterocycles. The molecule has 0 aliphatic carbocycles. The van der Waals surface area contributed by atoms with Gasteiger partial charge >= 0.3 is 0 Å². The van der Waals surface area contributed by atoms with Gasteiger partial charge in [-0.3, -0.25) is 14.4 Å². The first kappa shape index (κ1) is 24.2. The molecule has 3 aromatic rings. The van der Waals surface area contributed by atoms with Crippen LogP contribution in [0.25, 0.3) is 11.1 Å². The van der Waals surface area contributed by atoms with Crippen molar-refractivity contribution in [3.8, 4) is 22.6 Å². The molecule has 2 saturated heterocycles. The van der Waals surface area contributed by atoms with Crippen LogP contribution >= 0.6 is 0 Å². The second kappa shape index (κ2) is 9.85. The van der Waals surface area contributed by atoms with E-state index in [1.807, 2.05) is 51.4 Å². The number of methoxy groups -OCH3 is 2. The van der Waals surface area contributed by atoms with E-state index < -0.39 is 0 Å². The lowest BCUT2D eigenvalue weighted by molar-refractivity contribution is 0.0938. The first-order chi connectivity index (χ1) is 17.4. The van der Waals surface area contributed by atoms with E-state index in [0.29, 0.717) is 23.1 Å². The van der Waals surface area contributed by atoms with Gasteiger partial charge in [0, 0.05) is 54.8 Å². The zero-order chi connectivity index (χ0) is 25.4. The van der Waals surface area contributed by atoms with Gasteiger partial charge < -0.3 is 19.7 Å². The molecule has 2 fully saturated rings. The molecule has 0 saturated carbocycles. The third-order valence-corrected chi connectivity index (χ3v) is 7.46. The second-order valence-corrected chi connectivity index (χ2v) is 9.85. The van der Waals surface area contributed by atoms with Crippen LogP contribution < -0.4 is 19.7 Å². The van der Waals surface area contributed by atoms with E-state index in [4.69, 9.17) is 9.47 Å². The normalized spacial score (nSPS) is 16.8. The zero-order valence-corrected chi connectivity index (χ0v) is 21.7. The summed E-state index contributed by atoms with van der Waals surface area (Å²) in [6.45, 7) is 8.47. The topological polar surface area (TPSA) is 71.9 Å². The maximum Gasteiger partial charge on any atom is 0.252 e. The molecule has 8 nitrogen and oxygen atoms in total. The monoisotopic (exact) mass is 489 g/mol. The second-order valence-electron chi connectivity index (χ2n) is 9.85. The van der Waals surface area contributed by atoms with Crippen molar-refractivity contribution in [2.24, 2.45) is 7.05 Å². The Bertz CT molecular complexity index is 1260. The first-order valence-corrected chi connectivity index (χ1v) is 12.5. The van der Waals surface area contributed by atoms with E-state index in [1.54, 1.807) is 25.1 Å². The van der Waals surface area contributed by atoms with Crippen molar-refractivity contribution >= 4 is 11.6 Å². The Morgan fingerprint density at radius 3 is 2.53 bits per heavy atom. The average Bonchev–Trinajstić information content (AvgIpc) is 3.25. The van der Waals surface area contributed by atoms with Gasteiger partial charge in [-0.25, -0.2) is 0 Å². The van der Waals surface area contributed by atoms with E-state index in [0.717, 1.165) is 41.0 Å². The Kier molecular flexibility index (Phi) is 6.62. The summed E-state index contributed by atoms with van der Waals surface area (Å²) >= 11 is 0. The average molecular weight is 490 g/mol. The summed E-state index contributed by atoms with van der Waals surface area (Å²) in [6, 6.07) is 10.6. The molecule has 2 aromatic carbocycles. The fourth-order valence-corrected chi connectivity index (χ4v) is 5.02. The Balaban J connectivity index is 1.35. The molecule has 8 heteroatoms. The lowest BCUT2D eigenvalue weighted by Gasteiger charge is -2.50. The number of carbonyl (C=O) groups is 1. The molecule has 1 atom stereocenters. The van der Waals surface area contributed by atoms with Crippen molar-refractivity contribution in [3.05, 3.63) is 59.4 Å². The largest absolute Gasteiger partial charge is 0.493 e. The van der Waals surface area contributed by atoms with Gasteiger partial charge in [0.05, 0.1) is 26.5 Å². The number of anilines is 1. The standard InChI is InChI=1S/C28H35N5O3/c1-18-7-8-22(33-16-23(17-33)32-9-6-10-32)13-24(18)28(34)30-19(2)20-11-25(21-14-29-31(3)15-21)27(36-5)26(12-20)35-4/h7-8,11-15,19,23H,6,9-10,16-17H2,1-5H3,(H,30,34)/t19-/m1/s1. The van der Waals surface area contributed by atoms with Crippen LogP contribution in [0.15, 0.2) is 42.7 Å². The molecule has 1 amide bonds. The highest BCUT2D eigenvalue weighted by molar-refractivity contribution is 5.97. The van der Waals surface area contributed by atoms with Gasteiger partial charge in [0.2, 0.25) is 0 Å². The number of hydrogen-bond acceptors (Lipinski definition) is 6. The summed E-state index contributed by atoms with van der Waals surface area (Å²) in [6.07, 6.45) is 5.04. The van der Waals surface area contributed by atoms with Crippen LogP contribution in [0.4, 0.5) is 5.69 Å². The van der Waals surface area contributed by atoms with Gasteiger partial charge in [0.1, 0.15) is 0 Å². The lowest BCUT2D eigenvalue weighted by atomic mass is 9.98. The highest BCUT2D eigenvalue weighted by Crippen LogP contribution is 2.40. The fourth-order valence-electron chi connectivity index (χ4n) is 5.02. The number of nitrogens with one attached hydrogen (secondary N) is 1. The smallest absolute Gasteiger partial charge is 0.252 e. The third kappa shape index (κ3) is 4.53. The number of rotatable bonds is 8. The Morgan fingerprint density at radius 2 is 1.92 bits per heavy atom. The molecule has 5 rings (SSSR count). The molecular weight excluding hydrogens is 454 g/mol. The highest BCUT2D eigenvalue weighted by atomic mass is 16.5. The predicted octanol–water partition coefficient (Wildman–Crippen LogP) is 3.80.